The zero-order valence-electron chi connectivity index (χ0n) is 22.5. The number of amides is 1. The first kappa shape index (κ1) is 28.7. The summed E-state index contributed by atoms with van der Waals surface area (Å²) in [4.78, 5) is 22.2. The van der Waals surface area contributed by atoms with Gasteiger partial charge >= 0.3 is 5.97 Å². The number of benzene rings is 3. The van der Waals surface area contributed by atoms with Crippen molar-refractivity contribution in [3.63, 3.8) is 0 Å². The Labute approximate surface area is 225 Å². The topological polar surface area (TPSA) is 96.9 Å². The summed E-state index contributed by atoms with van der Waals surface area (Å²) in [5, 5.41) is 15.2. The molecule has 1 unspecified atom stereocenters. The first-order chi connectivity index (χ1) is 18.3. The van der Waals surface area contributed by atoms with E-state index in [9.17, 15) is 9.59 Å². The van der Waals surface area contributed by atoms with Crippen LogP contribution in [0.25, 0.3) is 11.1 Å². The van der Waals surface area contributed by atoms with E-state index >= 15 is 0 Å². The molecule has 0 heterocycles. The third-order valence-electron chi connectivity index (χ3n) is 6.42. The van der Waals surface area contributed by atoms with Gasteiger partial charge in [-0.3, -0.25) is 9.59 Å². The Morgan fingerprint density at radius 1 is 0.947 bits per heavy atom. The van der Waals surface area contributed by atoms with Crippen LogP contribution in [0.1, 0.15) is 43.4 Å². The molecular weight excluding hydrogens is 480 g/mol. The molecule has 7 heteroatoms. The molecule has 1 amide bonds. The lowest BCUT2D eigenvalue weighted by Crippen LogP contribution is -2.30. The van der Waals surface area contributed by atoms with Gasteiger partial charge in [0.15, 0.2) is 0 Å². The van der Waals surface area contributed by atoms with Gasteiger partial charge in [-0.15, -0.1) is 0 Å². The summed E-state index contributed by atoms with van der Waals surface area (Å²) in [5.41, 5.74) is 5.62. The van der Waals surface area contributed by atoms with Crippen molar-refractivity contribution >= 4 is 11.9 Å². The SMILES string of the molecule is CC(=O)NCCNCc1ccc(OCc2cccc(-c3ccccc3)c2C)cc1OCCCC(C)C(=O)O. The Bertz CT molecular complexity index is 1200. The predicted octanol–water partition coefficient (Wildman–Crippen LogP) is 5.35. The van der Waals surface area contributed by atoms with Crippen molar-refractivity contribution in [3.05, 3.63) is 83.4 Å². The lowest BCUT2D eigenvalue weighted by atomic mass is 9.97. The number of ether oxygens (including phenoxy) is 2. The zero-order valence-corrected chi connectivity index (χ0v) is 22.5. The molecule has 0 saturated heterocycles. The number of carbonyl (C=O) groups excluding carboxylic acids is 1. The van der Waals surface area contributed by atoms with Crippen LogP contribution in [0.15, 0.2) is 66.7 Å². The van der Waals surface area contributed by atoms with E-state index in [-0.39, 0.29) is 5.91 Å². The van der Waals surface area contributed by atoms with Crippen LogP contribution < -0.4 is 20.1 Å². The maximum Gasteiger partial charge on any atom is 0.306 e. The molecule has 0 aromatic heterocycles. The molecular formula is C31H38N2O5. The largest absolute Gasteiger partial charge is 0.493 e. The molecule has 3 aromatic rings. The fourth-order valence-corrected chi connectivity index (χ4v) is 4.08. The van der Waals surface area contributed by atoms with Crippen LogP contribution in [0.2, 0.25) is 0 Å². The van der Waals surface area contributed by atoms with Crippen molar-refractivity contribution in [3.8, 4) is 22.6 Å². The molecule has 0 bridgehead atoms. The zero-order chi connectivity index (χ0) is 27.3. The molecule has 0 aliphatic carbocycles. The molecule has 7 nitrogen and oxygen atoms in total. The van der Waals surface area contributed by atoms with Crippen molar-refractivity contribution in [2.75, 3.05) is 19.7 Å². The maximum absolute atomic E-state index is 11.1. The van der Waals surface area contributed by atoms with Gasteiger partial charge in [0.2, 0.25) is 5.91 Å². The molecule has 0 aliphatic heterocycles. The highest BCUT2D eigenvalue weighted by atomic mass is 16.5. The number of carboxylic acids is 1. The predicted molar refractivity (Wildman–Crippen MR) is 149 cm³/mol. The van der Waals surface area contributed by atoms with Gasteiger partial charge in [0.1, 0.15) is 18.1 Å². The fraction of sp³-hybridized carbons (Fsp3) is 0.355. The number of rotatable bonds is 15. The second-order valence-corrected chi connectivity index (χ2v) is 9.40. The van der Waals surface area contributed by atoms with Crippen molar-refractivity contribution in [1.29, 1.82) is 0 Å². The van der Waals surface area contributed by atoms with Crippen LogP contribution in [0.5, 0.6) is 11.5 Å². The van der Waals surface area contributed by atoms with E-state index < -0.39 is 11.9 Å². The number of hydrogen-bond donors (Lipinski definition) is 3. The summed E-state index contributed by atoms with van der Waals surface area (Å²) >= 11 is 0. The number of aliphatic carboxylic acids is 1. The van der Waals surface area contributed by atoms with Gasteiger partial charge in [-0.2, -0.15) is 0 Å². The van der Waals surface area contributed by atoms with Gasteiger partial charge in [0, 0.05) is 38.2 Å². The Morgan fingerprint density at radius 3 is 2.47 bits per heavy atom. The molecule has 202 valence electrons. The molecule has 0 aliphatic rings. The molecule has 1 atom stereocenters. The smallest absolute Gasteiger partial charge is 0.306 e. The van der Waals surface area contributed by atoms with E-state index in [4.69, 9.17) is 14.6 Å². The lowest BCUT2D eigenvalue weighted by molar-refractivity contribution is -0.141. The van der Waals surface area contributed by atoms with Crippen molar-refractivity contribution in [1.82, 2.24) is 10.6 Å². The summed E-state index contributed by atoms with van der Waals surface area (Å²) in [6.45, 7) is 7.90. The second-order valence-electron chi connectivity index (χ2n) is 9.40. The van der Waals surface area contributed by atoms with Gasteiger partial charge < -0.3 is 25.2 Å². The summed E-state index contributed by atoms with van der Waals surface area (Å²) in [6, 6.07) is 22.4. The monoisotopic (exact) mass is 518 g/mol. The van der Waals surface area contributed by atoms with Crippen LogP contribution in [-0.2, 0) is 22.7 Å². The molecule has 0 fully saturated rings. The van der Waals surface area contributed by atoms with Crippen molar-refractivity contribution in [2.45, 2.75) is 46.8 Å². The normalized spacial score (nSPS) is 11.6. The minimum absolute atomic E-state index is 0.0579. The fourth-order valence-electron chi connectivity index (χ4n) is 4.08. The quantitative estimate of drug-likeness (QED) is 0.235. The van der Waals surface area contributed by atoms with Gasteiger partial charge in [-0.25, -0.2) is 0 Å². The van der Waals surface area contributed by atoms with E-state index in [0.717, 1.165) is 11.1 Å². The Kier molecular flexibility index (Phi) is 11.2. The molecule has 3 aromatic carbocycles. The summed E-state index contributed by atoms with van der Waals surface area (Å²) in [5.74, 6) is 0.143. The first-order valence-corrected chi connectivity index (χ1v) is 13.1. The van der Waals surface area contributed by atoms with E-state index in [2.05, 4.69) is 47.9 Å². The number of hydrogen-bond acceptors (Lipinski definition) is 5. The van der Waals surface area contributed by atoms with Crippen molar-refractivity contribution in [2.24, 2.45) is 5.92 Å². The highest BCUT2D eigenvalue weighted by Gasteiger charge is 2.12. The lowest BCUT2D eigenvalue weighted by Gasteiger charge is -2.16. The van der Waals surface area contributed by atoms with Crippen LogP contribution in [-0.4, -0.2) is 36.7 Å². The highest BCUT2D eigenvalue weighted by Crippen LogP contribution is 2.29. The number of carbonyl (C=O) groups is 2. The standard InChI is InChI=1S/C31H38N2O5/c1-22(31(35)36)9-8-18-37-30-19-28(15-14-26(30)20-32-16-17-33-24(3)34)38-21-27-12-7-13-29(23(27)2)25-10-5-4-6-11-25/h4-7,10-15,19,22,32H,8-9,16-18,20-21H2,1-3H3,(H,33,34)(H,35,36). The third kappa shape index (κ3) is 8.92. The number of carboxylic acid groups (broad SMARTS) is 1. The molecule has 38 heavy (non-hydrogen) atoms. The minimum Gasteiger partial charge on any atom is -0.493 e. The van der Waals surface area contributed by atoms with Gasteiger partial charge in [-0.05, 0) is 48.1 Å². The van der Waals surface area contributed by atoms with E-state index in [1.807, 2.05) is 36.4 Å². The van der Waals surface area contributed by atoms with Gasteiger partial charge in [0.25, 0.3) is 0 Å². The summed E-state index contributed by atoms with van der Waals surface area (Å²) in [7, 11) is 0. The Balaban J connectivity index is 1.67. The van der Waals surface area contributed by atoms with Crippen molar-refractivity contribution < 1.29 is 24.2 Å². The van der Waals surface area contributed by atoms with E-state index in [0.29, 0.717) is 57.2 Å². The minimum atomic E-state index is -0.795. The van der Waals surface area contributed by atoms with Gasteiger partial charge in [0.05, 0.1) is 12.5 Å². The van der Waals surface area contributed by atoms with Gasteiger partial charge in [-0.1, -0.05) is 61.5 Å². The van der Waals surface area contributed by atoms with E-state index in [1.54, 1.807) is 6.92 Å². The molecule has 3 N–H and O–H groups in total. The third-order valence-corrected chi connectivity index (χ3v) is 6.42. The summed E-state index contributed by atoms with van der Waals surface area (Å²) in [6.07, 6.45) is 1.19. The molecule has 0 spiro atoms. The summed E-state index contributed by atoms with van der Waals surface area (Å²) < 4.78 is 12.3. The second kappa shape index (κ2) is 14.8. The maximum atomic E-state index is 11.1. The molecule has 3 rings (SSSR count). The first-order valence-electron chi connectivity index (χ1n) is 13.1. The number of nitrogens with one attached hydrogen (secondary N) is 2. The highest BCUT2D eigenvalue weighted by molar-refractivity contribution is 5.72. The molecule has 0 saturated carbocycles. The van der Waals surface area contributed by atoms with Crippen LogP contribution in [0.3, 0.4) is 0 Å². The molecule has 0 radical (unpaired) electrons. The Morgan fingerprint density at radius 2 is 1.74 bits per heavy atom. The van der Waals surface area contributed by atoms with E-state index in [1.165, 1.54) is 23.6 Å². The van der Waals surface area contributed by atoms with Crippen LogP contribution in [0.4, 0.5) is 0 Å². The Hall–Kier alpha value is -3.84. The average Bonchev–Trinajstić information content (AvgIpc) is 2.91. The van der Waals surface area contributed by atoms with Crippen LogP contribution >= 0.6 is 0 Å². The van der Waals surface area contributed by atoms with Crippen LogP contribution in [0, 0.1) is 12.8 Å². The average molecular weight is 519 g/mol.